The molecule has 1 saturated heterocycles. The van der Waals surface area contributed by atoms with Crippen molar-refractivity contribution in [1.29, 1.82) is 0 Å². The third-order valence-corrected chi connectivity index (χ3v) is 4.46. The third-order valence-electron chi connectivity index (χ3n) is 4.46. The monoisotopic (exact) mass is 343 g/mol. The van der Waals surface area contributed by atoms with Gasteiger partial charge in [-0.1, -0.05) is 0 Å². The van der Waals surface area contributed by atoms with E-state index in [1.807, 2.05) is 31.3 Å². The van der Waals surface area contributed by atoms with Gasteiger partial charge in [0.25, 0.3) is 0 Å². The number of hydrogen-bond donors (Lipinski definition) is 1. The summed E-state index contributed by atoms with van der Waals surface area (Å²) in [6.45, 7) is 2.84. The molecule has 8 heteroatoms. The molecule has 0 radical (unpaired) electrons. The molecule has 2 aromatic heterocycles. The van der Waals surface area contributed by atoms with Crippen molar-refractivity contribution in [1.82, 2.24) is 24.4 Å². The SMILES string of the molecule is CN(C)c1cc(NC2CCN(Cc3cnc(=O)n(C)c3)CC2)ncn1. The van der Waals surface area contributed by atoms with Crippen molar-refractivity contribution < 1.29 is 0 Å². The first-order chi connectivity index (χ1) is 12.0. The third kappa shape index (κ3) is 4.54. The number of piperidine rings is 1. The number of likely N-dealkylation sites (tertiary alicyclic amines) is 1. The van der Waals surface area contributed by atoms with Crippen molar-refractivity contribution in [2.24, 2.45) is 7.05 Å². The van der Waals surface area contributed by atoms with E-state index in [1.165, 1.54) is 4.57 Å². The second-order valence-electron chi connectivity index (χ2n) is 6.71. The lowest BCUT2D eigenvalue weighted by molar-refractivity contribution is 0.210. The molecule has 2 aromatic rings. The summed E-state index contributed by atoms with van der Waals surface area (Å²) in [5, 5.41) is 3.51. The van der Waals surface area contributed by atoms with Gasteiger partial charge in [-0.05, 0) is 12.8 Å². The van der Waals surface area contributed by atoms with Crippen LogP contribution in [0.3, 0.4) is 0 Å². The van der Waals surface area contributed by atoms with Gasteiger partial charge in [-0.25, -0.2) is 19.7 Å². The molecule has 3 rings (SSSR count). The minimum Gasteiger partial charge on any atom is -0.367 e. The largest absolute Gasteiger partial charge is 0.367 e. The number of rotatable bonds is 5. The van der Waals surface area contributed by atoms with Crippen LogP contribution in [0.4, 0.5) is 11.6 Å². The van der Waals surface area contributed by atoms with Gasteiger partial charge in [0.1, 0.15) is 18.0 Å². The Morgan fingerprint density at radius 2 is 2.00 bits per heavy atom. The second kappa shape index (κ2) is 7.60. The molecule has 1 N–H and O–H groups in total. The number of aryl methyl sites for hydroxylation is 1. The van der Waals surface area contributed by atoms with Gasteiger partial charge in [0.2, 0.25) is 0 Å². The van der Waals surface area contributed by atoms with E-state index in [1.54, 1.807) is 19.6 Å². The Labute approximate surface area is 147 Å². The normalized spacial score (nSPS) is 16.0. The molecule has 0 unspecified atom stereocenters. The summed E-state index contributed by atoms with van der Waals surface area (Å²) in [7, 11) is 5.68. The van der Waals surface area contributed by atoms with Crippen LogP contribution >= 0.6 is 0 Å². The molecule has 1 fully saturated rings. The first kappa shape index (κ1) is 17.3. The lowest BCUT2D eigenvalue weighted by Gasteiger charge is -2.32. The van der Waals surface area contributed by atoms with Crippen LogP contribution in [0.25, 0.3) is 0 Å². The maximum Gasteiger partial charge on any atom is 0.347 e. The highest BCUT2D eigenvalue weighted by Gasteiger charge is 2.20. The van der Waals surface area contributed by atoms with Crippen LogP contribution in [0.2, 0.25) is 0 Å². The van der Waals surface area contributed by atoms with Crippen LogP contribution in [0.1, 0.15) is 18.4 Å². The predicted molar refractivity (Wildman–Crippen MR) is 97.8 cm³/mol. The van der Waals surface area contributed by atoms with E-state index in [9.17, 15) is 4.79 Å². The minimum absolute atomic E-state index is 0.214. The molecule has 134 valence electrons. The van der Waals surface area contributed by atoms with Crippen LogP contribution in [0, 0.1) is 0 Å². The molecule has 0 bridgehead atoms. The van der Waals surface area contributed by atoms with E-state index in [0.717, 1.165) is 49.7 Å². The van der Waals surface area contributed by atoms with Crippen LogP contribution < -0.4 is 15.9 Å². The van der Waals surface area contributed by atoms with Gasteiger partial charge in [-0.3, -0.25) is 4.90 Å². The summed E-state index contributed by atoms with van der Waals surface area (Å²) in [5.41, 5.74) is 0.855. The summed E-state index contributed by atoms with van der Waals surface area (Å²) in [6.07, 6.45) is 7.25. The molecule has 0 aromatic carbocycles. The van der Waals surface area contributed by atoms with Crippen LogP contribution in [-0.2, 0) is 13.6 Å². The van der Waals surface area contributed by atoms with Gasteiger partial charge >= 0.3 is 5.69 Å². The smallest absolute Gasteiger partial charge is 0.347 e. The topological polar surface area (TPSA) is 79.2 Å². The molecular formula is C17H25N7O. The fourth-order valence-electron chi connectivity index (χ4n) is 3.02. The van der Waals surface area contributed by atoms with Gasteiger partial charge in [-0.2, -0.15) is 0 Å². The fraction of sp³-hybridized carbons (Fsp3) is 0.529. The summed E-state index contributed by atoms with van der Waals surface area (Å²) in [4.78, 5) is 28.2. The first-order valence-corrected chi connectivity index (χ1v) is 8.51. The molecule has 3 heterocycles. The second-order valence-corrected chi connectivity index (χ2v) is 6.71. The first-order valence-electron chi connectivity index (χ1n) is 8.51. The van der Waals surface area contributed by atoms with Gasteiger partial charge < -0.3 is 14.8 Å². The van der Waals surface area contributed by atoms with Gasteiger partial charge in [0.05, 0.1) is 0 Å². The van der Waals surface area contributed by atoms with Gasteiger partial charge in [-0.15, -0.1) is 0 Å². The highest BCUT2D eigenvalue weighted by Crippen LogP contribution is 2.18. The van der Waals surface area contributed by atoms with E-state index < -0.39 is 0 Å². The number of nitrogens with zero attached hydrogens (tertiary/aromatic N) is 6. The number of aromatic nitrogens is 4. The Kier molecular flexibility index (Phi) is 5.28. The maximum atomic E-state index is 11.4. The van der Waals surface area contributed by atoms with Crippen LogP contribution in [0.5, 0.6) is 0 Å². The Morgan fingerprint density at radius 3 is 2.68 bits per heavy atom. The van der Waals surface area contributed by atoms with E-state index in [-0.39, 0.29) is 5.69 Å². The van der Waals surface area contributed by atoms with E-state index in [4.69, 9.17) is 0 Å². The molecule has 0 atom stereocenters. The summed E-state index contributed by atoms with van der Waals surface area (Å²) >= 11 is 0. The Balaban J connectivity index is 1.52. The van der Waals surface area contributed by atoms with Crippen molar-refractivity contribution in [3.05, 3.63) is 40.8 Å². The number of anilines is 2. The van der Waals surface area contributed by atoms with E-state index in [0.29, 0.717) is 6.04 Å². The van der Waals surface area contributed by atoms with Crippen molar-refractivity contribution in [3.8, 4) is 0 Å². The highest BCUT2D eigenvalue weighted by atomic mass is 16.1. The average Bonchev–Trinajstić information content (AvgIpc) is 2.60. The molecule has 25 heavy (non-hydrogen) atoms. The van der Waals surface area contributed by atoms with E-state index >= 15 is 0 Å². The molecule has 8 nitrogen and oxygen atoms in total. The van der Waals surface area contributed by atoms with Gasteiger partial charge in [0, 0.05) is 70.8 Å². The number of nitrogens with one attached hydrogen (secondary N) is 1. The van der Waals surface area contributed by atoms with Crippen LogP contribution in [-0.4, -0.2) is 57.6 Å². The average molecular weight is 343 g/mol. The minimum atomic E-state index is -0.214. The Bertz CT molecular complexity index is 766. The lowest BCUT2D eigenvalue weighted by Crippen LogP contribution is -2.39. The molecule has 1 aliphatic rings. The number of hydrogen-bond acceptors (Lipinski definition) is 7. The lowest BCUT2D eigenvalue weighted by atomic mass is 10.0. The molecule has 0 spiro atoms. The highest BCUT2D eigenvalue weighted by molar-refractivity contribution is 5.47. The van der Waals surface area contributed by atoms with Crippen molar-refractivity contribution in [3.63, 3.8) is 0 Å². The molecule has 1 aliphatic heterocycles. The Hall–Kier alpha value is -2.48. The van der Waals surface area contributed by atoms with Crippen LogP contribution in [0.15, 0.2) is 29.6 Å². The maximum absolute atomic E-state index is 11.4. The fourth-order valence-corrected chi connectivity index (χ4v) is 3.02. The van der Waals surface area contributed by atoms with Crippen molar-refractivity contribution in [2.75, 3.05) is 37.4 Å². The molecular weight excluding hydrogens is 318 g/mol. The van der Waals surface area contributed by atoms with Gasteiger partial charge in [0.15, 0.2) is 0 Å². The summed E-state index contributed by atoms with van der Waals surface area (Å²) in [5.74, 6) is 1.77. The standard InChI is InChI=1S/C17H25N7O/c1-22(2)16-8-15(19-12-20-16)21-14-4-6-24(7-5-14)11-13-9-18-17(25)23(3)10-13/h8-10,12,14H,4-7,11H2,1-3H3,(H,19,20,21). The quantitative estimate of drug-likeness (QED) is 0.856. The summed E-state index contributed by atoms with van der Waals surface area (Å²) < 4.78 is 1.53. The molecule has 0 saturated carbocycles. The zero-order chi connectivity index (χ0) is 17.8. The van der Waals surface area contributed by atoms with E-state index in [2.05, 4.69) is 25.2 Å². The molecule has 0 amide bonds. The predicted octanol–water partition coefficient (Wildman–Crippen LogP) is 0.713. The van der Waals surface area contributed by atoms with Crippen molar-refractivity contribution in [2.45, 2.75) is 25.4 Å². The van der Waals surface area contributed by atoms with Crippen molar-refractivity contribution >= 4 is 11.6 Å². The molecule has 0 aliphatic carbocycles. The zero-order valence-corrected chi connectivity index (χ0v) is 15.0. The Morgan fingerprint density at radius 1 is 1.24 bits per heavy atom. The summed E-state index contributed by atoms with van der Waals surface area (Å²) in [6, 6.07) is 2.39. The zero-order valence-electron chi connectivity index (χ0n) is 15.0.